The number of carboxylic acid groups (broad SMARTS) is 1. The van der Waals surface area contributed by atoms with Crippen LogP contribution < -0.4 is 10.2 Å². The van der Waals surface area contributed by atoms with Crippen molar-refractivity contribution in [1.29, 1.82) is 0 Å². The Labute approximate surface area is 192 Å². The third-order valence-corrected chi connectivity index (χ3v) is 6.40. The molecule has 1 unspecified atom stereocenters. The molecule has 0 spiro atoms. The van der Waals surface area contributed by atoms with Gasteiger partial charge in [-0.15, -0.1) is 0 Å². The summed E-state index contributed by atoms with van der Waals surface area (Å²) in [4.78, 5) is 26.4. The summed E-state index contributed by atoms with van der Waals surface area (Å²) in [6, 6.07) is 18.6. The van der Waals surface area contributed by atoms with Crippen molar-refractivity contribution in [3.8, 4) is 11.1 Å². The molecule has 0 radical (unpaired) electrons. The van der Waals surface area contributed by atoms with Gasteiger partial charge in [-0.05, 0) is 41.2 Å². The number of nitrogens with zero attached hydrogens (tertiary/aromatic N) is 1. The number of anilines is 1. The Hall–Kier alpha value is -3.74. The fourth-order valence-electron chi connectivity index (χ4n) is 4.77. The Morgan fingerprint density at radius 2 is 1.64 bits per heavy atom. The van der Waals surface area contributed by atoms with E-state index in [-0.39, 0.29) is 18.9 Å². The van der Waals surface area contributed by atoms with Crippen molar-refractivity contribution in [2.45, 2.75) is 31.2 Å². The normalized spacial score (nSPS) is 15.7. The van der Waals surface area contributed by atoms with Crippen molar-refractivity contribution in [3.63, 3.8) is 0 Å². The van der Waals surface area contributed by atoms with Gasteiger partial charge < -0.3 is 24.5 Å². The highest BCUT2D eigenvalue weighted by Crippen LogP contribution is 2.44. The summed E-state index contributed by atoms with van der Waals surface area (Å²) in [5.74, 6) is 0.0400. The van der Waals surface area contributed by atoms with Crippen LogP contribution in [0.25, 0.3) is 11.1 Å². The lowest BCUT2D eigenvalue weighted by Gasteiger charge is -2.17. The maximum Gasteiger partial charge on any atom is 0.407 e. The third-order valence-electron chi connectivity index (χ3n) is 6.40. The minimum absolute atomic E-state index is 0.0490. The summed E-state index contributed by atoms with van der Waals surface area (Å²) in [5, 5.41) is 12.1. The second-order valence-electron chi connectivity index (χ2n) is 8.50. The second kappa shape index (κ2) is 9.02. The van der Waals surface area contributed by atoms with Crippen LogP contribution in [0.1, 0.15) is 35.6 Å². The molecular formula is C26H26N2O5. The zero-order valence-electron chi connectivity index (χ0n) is 18.2. The number of hydrogen-bond donors (Lipinski definition) is 2. The molecule has 2 heterocycles. The summed E-state index contributed by atoms with van der Waals surface area (Å²) in [7, 11) is 0. The van der Waals surface area contributed by atoms with Crippen molar-refractivity contribution >= 4 is 17.9 Å². The van der Waals surface area contributed by atoms with Gasteiger partial charge in [0.1, 0.15) is 18.4 Å². The van der Waals surface area contributed by atoms with Crippen LogP contribution in [0.3, 0.4) is 0 Å². The van der Waals surface area contributed by atoms with Crippen molar-refractivity contribution in [2.75, 3.05) is 24.6 Å². The first kappa shape index (κ1) is 21.1. The molecule has 2 N–H and O–H groups in total. The van der Waals surface area contributed by atoms with E-state index in [1.54, 1.807) is 6.07 Å². The van der Waals surface area contributed by atoms with Gasteiger partial charge in [-0.3, -0.25) is 0 Å². The quantitative estimate of drug-likeness (QED) is 0.558. The largest absolute Gasteiger partial charge is 0.480 e. The maximum atomic E-state index is 12.5. The van der Waals surface area contributed by atoms with E-state index in [4.69, 9.17) is 9.15 Å². The Morgan fingerprint density at radius 1 is 1.00 bits per heavy atom. The Bertz CT molecular complexity index is 1120. The van der Waals surface area contributed by atoms with Gasteiger partial charge in [0.05, 0.1) is 0 Å². The predicted octanol–water partition coefficient (Wildman–Crippen LogP) is 4.41. The molecule has 1 atom stereocenters. The van der Waals surface area contributed by atoms with Gasteiger partial charge in [-0.25, -0.2) is 9.59 Å². The molecule has 0 saturated carbocycles. The zero-order valence-corrected chi connectivity index (χ0v) is 18.2. The number of amides is 1. The number of alkyl carbamates (subject to hydrolysis) is 1. The molecule has 1 saturated heterocycles. The highest BCUT2D eigenvalue weighted by Gasteiger charge is 2.30. The lowest BCUT2D eigenvalue weighted by molar-refractivity contribution is -0.139. The Kier molecular flexibility index (Phi) is 5.77. The molecular weight excluding hydrogens is 420 g/mol. The molecule has 1 aliphatic heterocycles. The number of furan rings is 1. The summed E-state index contributed by atoms with van der Waals surface area (Å²) in [6.45, 7) is 2.01. The SMILES string of the molecule is O=C(NC(Cc1ccc(N2CCCC2)o1)C(=O)O)OCC1c2ccccc2-c2ccccc21. The van der Waals surface area contributed by atoms with Gasteiger partial charge in [0.25, 0.3) is 0 Å². The summed E-state index contributed by atoms with van der Waals surface area (Å²) >= 11 is 0. The fourth-order valence-corrected chi connectivity index (χ4v) is 4.77. The number of carbonyl (C=O) groups is 2. The molecule has 1 aromatic heterocycles. The van der Waals surface area contributed by atoms with Gasteiger partial charge in [0, 0.05) is 31.5 Å². The molecule has 2 aromatic carbocycles. The third kappa shape index (κ3) is 4.31. The number of carboxylic acids is 1. The Balaban J connectivity index is 1.22. The monoisotopic (exact) mass is 446 g/mol. The molecule has 7 nitrogen and oxygen atoms in total. The first-order chi connectivity index (χ1) is 16.1. The minimum atomic E-state index is -1.14. The number of benzene rings is 2. The Morgan fingerprint density at radius 3 is 2.27 bits per heavy atom. The van der Waals surface area contributed by atoms with Crippen molar-refractivity contribution in [2.24, 2.45) is 0 Å². The van der Waals surface area contributed by atoms with E-state index in [1.807, 2.05) is 42.5 Å². The van der Waals surface area contributed by atoms with Crippen LogP contribution >= 0.6 is 0 Å². The van der Waals surface area contributed by atoms with Gasteiger partial charge in [-0.1, -0.05) is 48.5 Å². The van der Waals surface area contributed by atoms with Gasteiger partial charge in [0.15, 0.2) is 5.88 Å². The zero-order chi connectivity index (χ0) is 22.8. The molecule has 0 bridgehead atoms. The van der Waals surface area contributed by atoms with Crippen LogP contribution in [0.2, 0.25) is 0 Å². The number of carbonyl (C=O) groups excluding carboxylic acids is 1. The van der Waals surface area contributed by atoms with E-state index >= 15 is 0 Å². The first-order valence-corrected chi connectivity index (χ1v) is 11.3. The van der Waals surface area contributed by atoms with Crippen LogP contribution in [-0.2, 0) is 16.0 Å². The minimum Gasteiger partial charge on any atom is -0.480 e. The first-order valence-electron chi connectivity index (χ1n) is 11.3. The van der Waals surface area contributed by atoms with E-state index in [0.717, 1.165) is 54.1 Å². The van der Waals surface area contributed by atoms with Gasteiger partial charge in [-0.2, -0.15) is 0 Å². The number of nitrogens with one attached hydrogen (secondary N) is 1. The molecule has 7 heteroatoms. The van der Waals surface area contributed by atoms with Crippen LogP contribution in [0.5, 0.6) is 0 Å². The lowest BCUT2D eigenvalue weighted by atomic mass is 9.98. The van der Waals surface area contributed by atoms with Crippen LogP contribution in [0.15, 0.2) is 65.1 Å². The topological polar surface area (TPSA) is 92.0 Å². The van der Waals surface area contributed by atoms with Crippen molar-refractivity contribution < 1.29 is 23.8 Å². The molecule has 33 heavy (non-hydrogen) atoms. The van der Waals surface area contributed by atoms with Gasteiger partial charge in [0.2, 0.25) is 0 Å². The van der Waals surface area contributed by atoms with E-state index in [0.29, 0.717) is 5.76 Å². The highest BCUT2D eigenvalue weighted by molar-refractivity contribution is 5.81. The highest BCUT2D eigenvalue weighted by atomic mass is 16.5. The smallest absolute Gasteiger partial charge is 0.407 e. The van der Waals surface area contributed by atoms with E-state index in [9.17, 15) is 14.7 Å². The second-order valence-corrected chi connectivity index (χ2v) is 8.50. The van der Waals surface area contributed by atoms with E-state index in [2.05, 4.69) is 22.3 Å². The van der Waals surface area contributed by atoms with E-state index in [1.165, 1.54) is 0 Å². The number of ether oxygens (including phenoxy) is 1. The van der Waals surface area contributed by atoms with Crippen LogP contribution in [-0.4, -0.2) is 42.9 Å². The standard InChI is InChI=1S/C26H26N2O5/c29-25(30)23(15-17-11-12-24(33-17)28-13-5-6-14-28)27-26(31)32-16-22-20-9-3-1-7-18(20)19-8-2-4-10-21(19)22/h1-4,7-12,22-23H,5-6,13-16H2,(H,27,31)(H,29,30). The molecule has 1 amide bonds. The number of fused-ring (bicyclic) bond motifs is 3. The van der Waals surface area contributed by atoms with E-state index < -0.39 is 18.1 Å². The van der Waals surface area contributed by atoms with Crippen molar-refractivity contribution in [3.05, 3.63) is 77.6 Å². The average molecular weight is 447 g/mol. The molecule has 1 aliphatic carbocycles. The number of aliphatic carboxylic acids is 1. The molecule has 3 aromatic rings. The fraction of sp³-hybridized carbons (Fsp3) is 0.308. The van der Waals surface area contributed by atoms with Crippen LogP contribution in [0, 0.1) is 0 Å². The molecule has 5 rings (SSSR count). The summed E-state index contributed by atoms with van der Waals surface area (Å²) in [6.07, 6.45) is 1.54. The average Bonchev–Trinajstić information content (AvgIpc) is 3.56. The number of rotatable bonds is 7. The van der Waals surface area contributed by atoms with Gasteiger partial charge >= 0.3 is 12.1 Å². The molecule has 2 aliphatic rings. The predicted molar refractivity (Wildman–Crippen MR) is 123 cm³/mol. The molecule has 1 fully saturated rings. The molecule has 170 valence electrons. The van der Waals surface area contributed by atoms with Crippen LogP contribution in [0.4, 0.5) is 10.7 Å². The summed E-state index contributed by atoms with van der Waals surface area (Å²) in [5.41, 5.74) is 4.48. The summed E-state index contributed by atoms with van der Waals surface area (Å²) < 4.78 is 11.3. The maximum absolute atomic E-state index is 12.5. The number of hydrogen-bond acceptors (Lipinski definition) is 5. The van der Waals surface area contributed by atoms with Crippen molar-refractivity contribution in [1.82, 2.24) is 5.32 Å². The lowest BCUT2D eigenvalue weighted by Crippen LogP contribution is -2.42.